The average molecular weight is 227 g/mol. The Morgan fingerprint density at radius 1 is 1.40 bits per heavy atom. The van der Waals surface area contributed by atoms with Crippen LogP contribution in [-0.4, -0.2) is 29.2 Å². The maximum absolute atomic E-state index is 11.8. The summed E-state index contributed by atoms with van der Waals surface area (Å²) in [5.41, 5.74) is 0. The van der Waals surface area contributed by atoms with Gasteiger partial charge in [-0.2, -0.15) is 13.2 Å². The van der Waals surface area contributed by atoms with Gasteiger partial charge in [0.05, 0.1) is 0 Å². The number of carboxylic acids is 1. The van der Waals surface area contributed by atoms with Crippen LogP contribution in [0.15, 0.2) is 0 Å². The third-order valence-electron chi connectivity index (χ3n) is 1.79. The van der Waals surface area contributed by atoms with Gasteiger partial charge in [-0.05, 0) is 12.8 Å². The van der Waals surface area contributed by atoms with Crippen LogP contribution in [0.2, 0.25) is 0 Å². The second-order valence-electron chi connectivity index (χ2n) is 3.01. The number of nitrogens with one attached hydrogen (secondary N) is 1. The van der Waals surface area contributed by atoms with Gasteiger partial charge in [0, 0.05) is 12.5 Å². The Bertz CT molecular complexity index is 240. The maximum Gasteiger partial charge on any atom is 0.471 e. The lowest BCUT2D eigenvalue weighted by Gasteiger charge is -2.16. The highest BCUT2D eigenvalue weighted by Crippen LogP contribution is 2.15. The van der Waals surface area contributed by atoms with Crippen molar-refractivity contribution in [2.75, 3.05) is 0 Å². The van der Waals surface area contributed by atoms with Crippen LogP contribution in [-0.2, 0) is 9.59 Å². The molecule has 1 atom stereocenters. The Morgan fingerprint density at radius 2 is 1.93 bits per heavy atom. The molecule has 15 heavy (non-hydrogen) atoms. The van der Waals surface area contributed by atoms with E-state index in [0.29, 0.717) is 0 Å². The number of hydrogen-bond acceptors (Lipinski definition) is 2. The minimum atomic E-state index is -4.92. The van der Waals surface area contributed by atoms with Crippen LogP contribution >= 0.6 is 0 Å². The largest absolute Gasteiger partial charge is 0.481 e. The molecule has 0 rings (SSSR count). The van der Waals surface area contributed by atoms with Crippen molar-refractivity contribution in [2.24, 2.45) is 0 Å². The average Bonchev–Trinajstić information content (AvgIpc) is 2.09. The lowest BCUT2D eigenvalue weighted by atomic mass is 10.1. The summed E-state index contributed by atoms with van der Waals surface area (Å²) in [6, 6.07) is -0.754. The Hall–Kier alpha value is -1.27. The fourth-order valence-corrected chi connectivity index (χ4v) is 0.943. The SMILES string of the molecule is CCC(CCC(=O)O)NC(=O)C(F)(F)F. The van der Waals surface area contributed by atoms with Gasteiger partial charge < -0.3 is 10.4 Å². The molecule has 0 heterocycles. The highest BCUT2D eigenvalue weighted by atomic mass is 19.4. The quantitative estimate of drug-likeness (QED) is 0.744. The van der Waals surface area contributed by atoms with Gasteiger partial charge in [-0.3, -0.25) is 9.59 Å². The molecular weight excluding hydrogens is 215 g/mol. The second-order valence-corrected chi connectivity index (χ2v) is 3.01. The van der Waals surface area contributed by atoms with Crippen molar-refractivity contribution in [1.29, 1.82) is 0 Å². The van der Waals surface area contributed by atoms with E-state index in [1.165, 1.54) is 0 Å². The van der Waals surface area contributed by atoms with Crippen molar-refractivity contribution in [3.8, 4) is 0 Å². The summed E-state index contributed by atoms with van der Waals surface area (Å²) in [6.45, 7) is 1.57. The standard InChI is InChI=1S/C8H12F3NO3/c1-2-5(3-4-6(13)14)12-7(15)8(9,10)11/h5H,2-4H2,1H3,(H,12,15)(H,13,14). The first-order chi connectivity index (χ1) is 6.77. The maximum atomic E-state index is 11.8. The number of carboxylic acid groups (broad SMARTS) is 1. The van der Waals surface area contributed by atoms with Crippen molar-refractivity contribution in [3.63, 3.8) is 0 Å². The van der Waals surface area contributed by atoms with Crippen LogP contribution in [0, 0.1) is 0 Å². The lowest BCUT2D eigenvalue weighted by molar-refractivity contribution is -0.174. The molecule has 1 unspecified atom stereocenters. The van der Waals surface area contributed by atoms with Crippen molar-refractivity contribution < 1.29 is 27.9 Å². The number of aliphatic carboxylic acids is 1. The number of rotatable bonds is 5. The zero-order valence-electron chi connectivity index (χ0n) is 8.10. The highest BCUT2D eigenvalue weighted by molar-refractivity contribution is 5.82. The van der Waals surface area contributed by atoms with Gasteiger partial charge in [0.1, 0.15) is 0 Å². The molecule has 4 nitrogen and oxygen atoms in total. The summed E-state index contributed by atoms with van der Waals surface area (Å²) in [5.74, 6) is -3.13. The molecule has 0 bridgehead atoms. The number of carbonyl (C=O) groups excluding carboxylic acids is 1. The van der Waals surface area contributed by atoms with Gasteiger partial charge >= 0.3 is 18.1 Å². The highest BCUT2D eigenvalue weighted by Gasteiger charge is 2.39. The van der Waals surface area contributed by atoms with Crippen LogP contribution in [0.1, 0.15) is 26.2 Å². The Labute approximate surface area is 84.5 Å². The molecule has 2 N–H and O–H groups in total. The number of hydrogen-bond donors (Lipinski definition) is 2. The molecule has 0 aliphatic carbocycles. The zero-order chi connectivity index (χ0) is 12.1. The number of carbonyl (C=O) groups is 2. The Morgan fingerprint density at radius 3 is 2.27 bits per heavy atom. The van der Waals surface area contributed by atoms with E-state index in [1.54, 1.807) is 12.2 Å². The molecule has 7 heteroatoms. The normalized spacial score (nSPS) is 13.3. The molecule has 0 aromatic carbocycles. The van der Waals surface area contributed by atoms with Gasteiger partial charge in [-0.15, -0.1) is 0 Å². The van der Waals surface area contributed by atoms with Gasteiger partial charge in [0.2, 0.25) is 0 Å². The fraction of sp³-hybridized carbons (Fsp3) is 0.750. The number of amides is 1. The molecule has 0 aliphatic rings. The van der Waals surface area contributed by atoms with Gasteiger partial charge in [0.15, 0.2) is 0 Å². The summed E-state index contributed by atoms with van der Waals surface area (Å²) in [6.07, 6.45) is -4.93. The van der Waals surface area contributed by atoms with Crippen molar-refractivity contribution >= 4 is 11.9 Å². The Balaban J connectivity index is 4.10. The molecule has 0 fully saturated rings. The lowest BCUT2D eigenvalue weighted by Crippen LogP contribution is -2.43. The molecule has 0 aromatic rings. The van der Waals surface area contributed by atoms with Gasteiger partial charge in [-0.1, -0.05) is 6.92 Å². The monoisotopic (exact) mass is 227 g/mol. The molecule has 88 valence electrons. The molecule has 1 amide bonds. The summed E-state index contributed by atoms with van der Waals surface area (Å²) in [4.78, 5) is 20.7. The Kier molecular flexibility index (Phi) is 5.10. The van der Waals surface area contributed by atoms with E-state index in [1.807, 2.05) is 0 Å². The predicted molar refractivity (Wildman–Crippen MR) is 45.1 cm³/mol. The van der Waals surface area contributed by atoms with E-state index in [0.717, 1.165) is 0 Å². The van der Waals surface area contributed by atoms with Gasteiger partial charge in [-0.25, -0.2) is 0 Å². The van der Waals surface area contributed by atoms with Crippen LogP contribution in [0.4, 0.5) is 13.2 Å². The molecule has 0 spiro atoms. The van der Waals surface area contributed by atoms with E-state index in [2.05, 4.69) is 0 Å². The smallest absolute Gasteiger partial charge is 0.471 e. The molecule has 0 saturated heterocycles. The topological polar surface area (TPSA) is 66.4 Å². The summed E-state index contributed by atoms with van der Waals surface area (Å²) < 4.78 is 35.4. The number of alkyl halides is 3. The van der Waals surface area contributed by atoms with Crippen LogP contribution in [0.5, 0.6) is 0 Å². The summed E-state index contributed by atoms with van der Waals surface area (Å²) in [7, 11) is 0. The van der Waals surface area contributed by atoms with Crippen LogP contribution in [0.3, 0.4) is 0 Å². The molecule has 0 aromatic heterocycles. The number of halogens is 3. The fourth-order valence-electron chi connectivity index (χ4n) is 0.943. The van der Waals surface area contributed by atoms with E-state index in [9.17, 15) is 22.8 Å². The van der Waals surface area contributed by atoms with Crippen molar-refractivity contribution in [1.82, 2.24) is 5.32 Å². The van der Waals surface area contributed by atoms with Crippen molar-refractivity contribution in [3.05, 3.63) is 0 Å². The molecular formula is C8H12F3NO3. The minimum Gasteiger partial charge on any atom is -0.481 e. The third kappa shape index (κ3) is 5.92. The zero-order valence-corrected chi connectivity index (χ0v) is 8.10. The second kappa shape index (κ2) is 5.57. The summed E-state index contributed by atoms with van der Waals surface area (Å²) >= 11 is 0. The van der Waals surface area contributed by atoms with E-state index in [4.69, 9.17) is 5.11 Å². The minimum absolute atomic E-state index is 0.00630. The van der Waals surface area contributed by atoms with Crippen molar-refractivity contribution in [2.45, 2.75) is 38.4 Å². The molecule has 0 radical (unpaired) electrons. The first kappa shape index (κ1) is 13.7. The molecule has 0 aliphatic heterocycles. The van der Waals surface area contributed by atoms with E-state index < -0.39 is 24.1 Å². The first-order valence-corrected chi connectivity index (χ1v) is 4.36. The third-order valence-corrected chi connectivity index (χ3v) is 1.79. The van der Waals surface area contributed by atoms with Crippen LogP contribution in [0.25, 0.3) is 0 Å². The summed E-state index contributed by atoms with van der Waals surface area (Å²) in [5, 5.41) is 10.1. The first-order valence-electron chi connectivity index (χ1n) is 4.36. The van der Waals surface area contributed by atoms with E-state index >= 15 is 0 Å². The molecule has 0 saturated carbocycles. The predicted octanol–water partition coefficient (Wildman–Crippen LogP) is 1.31. The van der Waals surface area contributed by atoms with E-state index in [-0.39, 0.29) is 19.3 Å². The van der Waals surface area contributed by atoms with Crippen LogP contribution < -0.4 is 5.32 Å². The van der Waals surface area contributed by atoms with Gasteiger partial charge in [0.25, 0.3) is 0 Å².